The van der Waals surface area contributed by atoms with Gasteiger partial charge >= 0.3 is 0 Å². The molecule has 0 bridgehead atoms. The summed E-state index contributed by atoms with van der Waals surface area (Å²) >= 11 is 0. The number of ether oxygens (including phenoxy) is 1. The Hall–Kier alpha value is -2.96. The summed E-state index contributed by atoms with van der Waals surface area (Å²) in [5.41, 5.74) is 1.36. The number of nitrogens with zero attached hydrogens (tertiary/aromatic N) is 1. The van der Waals surface area contributed by atoms with Gasteiger partial charge in [0.05, 0.1) is 10.6 Å². The smallest absolute Gasteiger partial charge is 0.271 e. The molecule has 0 aliphatic rings. The number of carbonyl (C=O) groups is 1. The number of nitro groups is 1. The number of amides is 1. The van der Waals surface area contributed by atoms with E-state index in [4.69, 9.17) is 4.74 Å². The number of rotatable bonds is 5. The highest BCUT2D eigenvalue weighted by atomic mass is 19.1. The first kappa shape index (κ1) is 16.4. The van der Waals surface area contributed by atoms with Crippen LogP contribution in [-0.4, -0.2) is 17.4 Å². The van der Waals surface area contributed by atoms with Crippen LogP contribution in [0.4, 0.5) is 15.8 Å². The molecule has 120 valence electrons. The number of aryl methyl sites for hydroxylation is 1. The van der Waals surface area contributed by atoms with Gasteiger partial charge in [-0.05, 0) is 37.1 Å². The molecule has 1 N–H and O–H groups in total. The Kier molecular flexibility index (Phi) is 4.90. The summed E-state index contributed by atoms with van der Waals surface area (Å²) in [6, 6.07) is 8.36. The van der Waals surface area contributed by atoms with Crippen LogP contribution in [0.25, 0.3) is 0 Å². The summed E-state index contributed by atoms with van der Waals surface area (Å²) in [6.07, 6.45) is 0. The molecular weight excluding hydrogens is 303 g/mol. The molecule has 0 aromatic heterocycles. The minimum Gasteiger partial charge on any atom is -0.483 e. The number of anilines is 1. The van der Waals surface area contributed by atoms with Gasteiger partial charge in [-0.25, -0.2) is 4.39 Å². The first-order valence-corrected chi connectivity index (χ1v) is 6.81. The number of hydrogen-bond donors (Lipinski definition) is 1. The summed E-state index contributed by atoms with van der Waals surface area (Å²) in [7, 11) is 0. The Balaban J connectivity index is 2.04. The van der Waals surface area contributed by atoms with E-state index in [-0.39, 0.29) is 18.0 Å². The zero-order valence-electron chi connectivity index (χ0n) is 12.6. The van der Waals surface area contributed by atoms with Crippen molar-refractivity contribution >= 4 is 17.3 Å². The second-order valence-corrected chi connectivity index (χ2v) is 4.96. The summed E-state index contributed by atoms with van der Waals surface area (Å²) in [5, 5.41) is 12.9. The van der Waals surface area contributed by atoms with E-state index in [1.807, 2.05) is 19.9 Å². The summed E-state index contributed by atoms with van der Waals surface area (Å²) in [6.45, 7) is 3.45. The predicted molar refractivity (Wildman–Crippen MR) is 83.1 cm³/mol. The Morgan fingerprint density at radius 2 is 2.04 bits per heavy atom. The van der Waals surface area contributed by atoms with Gasteiger partial charge in [-0.15, -0.1) is 0 Å². The highest BCUT2D eigenvalue weighted by Crippen LogP contribution is 2.22. The topological polar surface area (TPSA) is 81.5 Å². The lowest BCUT2D eigenvalue weighted by Crippen LogP contribution is -2.21. The fourth-order valence-corrected chi connectivity index (χ4v) is 1.93. The largest absolute Gasteiger partial charge is 0.483 e. The van der Waals surface area contributed by atoms with Crippen molar-refractivity contribution in [3.63, 3.8) is 0 Å². The maximum atomic E-state index is 13.6. The summed E-state index contributed by atoms with van der Waals surface area (Å²) < 4.78 is 19.0. The Labute approximate surface area is 132 Å². The molecule has 2 rings (SSSR count). The van der Waals surface area contributed by atoms with Gasteiger partial charge in [0.25, 0.3) is 11.6 Å². The SMILES string of the molecule is Cc1cccc(OCC(=O)Nc2cc([N+](=O)[O-])ccc2F)c1C. The number of carbonyl (C=O) groups excluding carboxylic acids is 1. The maximum absolute atomic E-state index is 13.6. The van der Waals surface area contributed by atoms with E-state index in [1.165, 1.54) is 0 Å². The van der Waals surface area contributed by atoms with Gasteiger partial charge in [-0.1, -0.05) is 12.1 Å². The van der Waals surface area contributed by atoms with Gasteiger partial charge in [-0.2, -0.15) is 0 Å². The van der Waals surface area contributed by atoms with Gasteiger partial charge in [0, 0.05) is 12.1 Å². The van der Waals surface area contributed by atoms with E-state index in [1.54, 1.807) is 12.1 Å². The second kappa shape index (κ2) is 6.87. The Bertz CT molecular complexity index is 762. The van der Waals surface area contributed by atoms with E-state index in [0.717, 1.165) is 29.3 Å². The third-order valence-corrected chi connectivity index (χ3v) is 3.35. The monoisotopic (exact) mass is 318 g/mol. The van der Waals surface area contributed by atoms with Crippen LogP contribution in [0, 0.1) is 29.8 Å². The minimum absolute atomic E-state index is 0.256. The lowest BCUT2D eigenvalue weighted by atomic mass is 10.1. The standard InChI is InChI=1S/C16H15FN2O4/c1-10-4-3-5-15(11(10)2)23-9-16(20)18-14-8-12(19(21)22)6-7-13(14)17/h3-8H,9H2,1-2H3,(H,18,20). The van der Waals surface area contributed by atoms with Gasteiger partial charge in [0.1, 0.15) is 11.6 Å². The molecule has 0 radical (unpaired) electrons. The summed E-state index contributed by atoms with van der Waals surface area (Å²) in [4.78, 5) is 21.9. The first-order chi connectivity index (χ1) is 10.9. The molecule has 0 aliphatic carbocycles. The van der Waals surface area contributed by atoms with E-state index in [0.29, 0.717) is 5.75 Å². The molecule has 0 unspecified atom stereocenters. The first-order valence-electron chi connectivity index (χ1n) is 6.81. The van der Waals surface area contributed by atoms with Crippen molar-refractivity contribution in [3.8, 4) is 5.75 Å². The lowest BCUT2D eigenvalue weighted by molar-refractivity contribution is -0.384. The van der Waals surface area contributed by atoms with E-state index >= 15 is 0 Å². The molecule has 0 saturated heterocycles. The fourth-order valence-electron chi connectivity index (χ4n) is 1.93. The van der Waals surface area contributed by atoms with Crippen LogP contribution in [0.15, 0.2) is 36.4 Å². The second-order valence-electron chi connectivity index (χ2n) is 4.96. The molecule has 0 fully saturated rings. The van der Waals surface area contributed by atoms with Crippen LogP contribution in [0.3, 0.4) is 0 Å². The molecule has 0 atom stereocenters. The molecule has 23 heavy (non-hydrogen) atoms. The van der Waals surface area contributed by atoms with E-state index in [2.05, 4.69) is 5.32 Å². The van der Waals surface area contributed by atoms with Crippen molar-refractivity contribution in [2.75, 3.05) is 11.9 Å². The number of halogens is 1. The molecule has 0 heterocycles. The van der Waals surface area contributed by atoms with Crippen molar-refractivity contribution < 1.29 is 18.8 Å². The number of nitrogens with one attached hydrogen (secondary N) is 1. The molecule has 0 aliphatic heterocycles. The quantitative estimate of drug-likeness (QED) is 0.677. The van der Waals surface area contributed by atoms with Crippen LogP contribution >= 0.6 is 0 Å². The molecule has 7 heteroatoms. The third kappa shape index (κ3) is 4.03. The van der Waals surface area contributed by atoms with Gasteiger partial charge in [0.15, 0.2) is 6.61 Å². The lowest BCUT2D eigenvalue weighted by Gasteiger charge is -2.11. The summed E-state index contributed by atoms with van der Waals surface area (Å²) in [5.74, 6) is -0.805. The van der Waals surface area contributed by atoms with Gasteiger partial charge in [-0.3, -0.25) is 14.9 Å². The van der Waals surface area contributed by atoms with Crippen LogP contribution < -0.4 is 10.1 Å². The minimum atomic E-state index is -0.754. The molecular formula is C16H15FN2O4. The van der Waals surface area contributed by atoms with Crippen LogP contribution in [0.5, 0.6) is 5.75 Å². The van der Waals surface area contributed by atoms with Crippen molar-refractivity contribution in [2.24, 2.45) is 0 Å². The van der Waals surface area contributed by atoms with Crippen molar-refractivity contribution in [2.45, 2.75) is 13.8 Å². The van der Waals surface area contributed by atoms with E-state index in [9.17, 15) is 19.3 Å². The maximum Gasteiger partial charge on any atom is 0.271 e. The number of non-ortho nitro benzene ring substituents is 1. The van der Waals surface area contributed by atoms with E-state index < -0.39 is 16.6 Å². The average molecular weight is 318 g/mol. The van der Waals surface area contributed by atoms with Gasteiger partial charge < -0.3 is 10.1 Å². The average Bonchev–Trinajstić information content (AvgIpc) is 2.50. The van der Waals surface area contributed by atoms with Gasteiger partial charge in [0.2, 0.25) is 0 Å². The number of hydrogen-bond acceptors (Lipinski definition) is 4. The van der Waals surface area contributed by atoms with Crippen LogP contribution in [0.1, 0.15) is 11.1 Å². The van der Waals surface area contributed by atoms with Crippen molar-refractivity contribution in [1.29, 1.82) is 0 Å². The molecule has 2 aromatic rings. The zero-order valence-corrected chi connectivity index (χ0v) is 12.6. The third-order valence-electron chi connectivity index (χ3n) is 3.35. The molecule has 2 aromatic carbocycles. The zero-order chi connectivity index (χ0) is 17.0. The number of benzene rings is 2. The fraction of sp³-hybridized carbons (Fsp3) is 0.188. The number of nitro benzene ring substituents is 1. The highest BCUT2D eigenvalue weighted by molar-refractivity contribution is 5.92. The van der Waals surface area contributed by atoms with Crippen molar-refractivity contribution in [1.82, 2.24) is 0 Å². The Morgan fingerprint density at radius 1 is 1.30 bits per heavy atom. The molecule has 6 nitrogen and oxygen atoms in total. The molecule has 1 amide bonds. The van der Waals surface area contributed by atoms with Crippen LogP contribution in [-0.2, 0) is 4.79 Å². The van der Waals surface area contributed by atoms with Crippen molar-refractivity contribution in [3.05, 3.63) is 63.5 Å². The predicted octanol–water partition coefficient (Wildman–Crippen LogP) is 3.37. The molecule has 0 saturated carbocycles. The molecule has 0 spiro atoms. The Morgan fingerprint density at radius 3 is 2.74 bits per heavy atom. The highest BCUT2D eigenvalue weighted by Gasteiger charge is 2.14. The normalized spacial score (nSPS) is 10.2. The van der Waals surface area contributed by atoms with Crippen LogP contribution in [0.2, 0.25) is 0 Å².